The van der Waals surface area contributed by atoms with Crippen LogP contribution in [0.15, 0.2) is 60.7 Å². The molecule has 0 aliphatic carbocycles. The van der Waals surface area contributed by atoms with Crippen LogP contribution in [0, 0.1) is 5.92 Å². The lowest BCUT2D eigenvalue weighted by Gasteiger charge is -2.23. The maximum atomic E-state index is 5.89. The summed E-state index contributed by atoms with van der Waals surface area (Å²) in [5.41, 5.74) is 8.67. The number of benzene rings is 2. The zero-order chi connectivity index (χ0) is 13.5. The summed E-state index contributed by atoms with van der Waals surface area (Å²) in [6.45, 7) is 3.00. The van der Waals surface area contributed by atoms with E-state index in [0.29, 0.717) is 11.8 Å². The molecule has 0 aromatic heterocycles. The minimum atomic E-state index is 0.455. The van der Waals surface area contributed by atoms with Crippen molar-refractivity contribution in [1.82, 2.24) is 0 Å². The lowest BCUT2D eigenvalue weighted by Crippen LogP contribution is -2.17. The maximum Gasteiger partial charge on any atom is 0.00924 e. The van der Waals surface area contributed by atoms with Crippen LogP contribution in [0.2, 0.25) is 0 Å². The molecule has 0 bridgehead atoms. The van der Waals surface area contributed by atoms with Crippen molar-refractivity contribution in [2.45, 2.75) is 25.7 Å². The lowest BCUT2D eigenvalue weighted by molar-refractivity contribution is 0.455. The van der Waals surface area contributed by atoms with Crippen molar-refractivity contribution in [2.75, 3.05) is 6.54 Å². The van der Waals surface area contributed by atoms with Crippen molar-refractivity contribution in [3.05, 3.63) is 71.8 Å². The largest absolute Gasteiger partial charge is 0.330 e. The van der Waals surface area contributed by atoms with Crippen molar-refractivity contribution in [2.24, 2.45) is 11.7 Å². The normalized spacial score (nSPS) is 12.6. The minimum absolute atomic E-state index is 0.455. The van der Waals surface area contributed by atoms with Gasteiger partial charge >= 0.3 is 0 Å². The first-order valence-electron chi connectivity index (χ1n) is 7.15. The summed E-state index contributed by atoms with van der Waals surface area (Å²) < 4.78 is 0. The van der Waals surface area contributed by atoms with Gasteiger partial charge in [-0.1, -0.05) is 74.0 Å². The molecule has 1 atom stereocenters. The molecule has 0 amide bonds. The molecule has 0 radical (unpaired) electrons. The van der Waals surface area contributed by atoms with E-state index in [1.807, 2.05) is 0 Å². The van der Waals surface area contributed by atoms with Crippen molar-refractivity contribution in [3.8, 4) is 0 Å². The second-order valence-electron chi connectivity index (χ2n) is 5.12. The molecule has 100 valence electrons. The van der Waals surface area contributed by atoms with Gasteiger partial charge in [-0.05, 0) is 30.0 Å². The molecule has 19 heavy (non-hydrogen) atoms. The van der Waals surface area contributed by atoms with Crippen LogP contribution in [-0.2, 0) is 0 Å². The van der Waals surface area contributed by atoms with E-state index >= 15 is 0 Å². The van der Waals surface area contributed by atoms with Gasteiger partial charge in [0.15, 0.2) is 0 Å². The van der Waals surface area contributed by atoms with Gasteiger partial charge in [0, 0.05) is 5.92 Å². The van der Waals surface area contributed by atoms with Crippen LogP contribution < -0.4 is 5.73 Å². The van der Waals surface area contributed by atoms with Gasteiger partial charge in [0.2, 0.25) is 0 Å². The number of hydrogen-bond donors (Lipinski definition) is 1. The summed E-state index contributed by atoms with van der Waals surface area (Å²) in [6, 6.07) is 21.5. The molecular formula is C18H23N. The van der Waals surface area contributed by atoms with Crippen LogP contribution in [0.1, 0.15) is 36.8 Å². The summed E-state index contributed by atoms with van der Waals surface area (Å²) in [7, 11) is 0. The molecule has 0 saturated heterocycles. The first kappa shape index (κ1) is 13.8. The average molecular weight is 253 g/mol. The fourth-order valence-corrected chi connectivity index (χ4v) is 2.60. The second-order valence-corrected chi connectivity index (χ2v) is 5.12. The molecule has 0 aliphatic rings. The molecule has 0 fully saturated rings. The first-order valence-corrected chi connectivity index (χ1v) is 7.15. The lowest BCUT2D eigenvalue weighted by atomic mass is 9.83. The van der Waals surface area contributed by atoms with Crippen molar-refractivity contribution in [3.63, 3.8) is 0 Å². The molecule has 0 saturated carbocycles. The molecular weight excluding hydrogens is 230 g/mol. The van der Waals surface area contributed by atoms with Gasteiger partial charge in [-0.3, -0.25) is 0 Å². The molecule has 2 N–H and O–H groups in total. The van der Waals surface area contributed by atoms with E-state index in [0.717, 1.165) is 19.4 Å². The SMILES string of the molecule is CC[C@H](CN)CC(c1ccccc1)c1ccccc1. The molecule has 2 rings (SSSR count). The predicted molar refractivity (Wildman–Crippen MR) is 82.2 cm³/mol. The first-order chi connectivity index (χ1) is 9.35. The van der Waals surface area contributed by atoms with E-state index in [1.165, 1.54) is 11.1 Å². The Kier molecular flexibility index (Phi) is 5.17. The van der Waals surface area contributed by atoms with Gasteiger partial charge in [-0.15, -0.1) is 0 Å². The van der Waals surface area contributed by atoms with Gasteiger partial charge in [-0.25, -0.2) is 0 Å². The van der Waals surface area contributed by atoms with Crippen LogP contribution in [0.5, 0.6) is 0 Å². The van der Waals surface area contributed by atoms with Crippen LogP contribution in [0.4, 0.5) is 0 Å². The molecule has 0 aliphatic heterocycles. The highest BCUT2D eigenvalue weighted by Crippen LogP contribution is 2.31. The maximum absolute atomic E-state index is 5.89. The van der Waals surface area contributed by atoms with Crippen molar-refractivity contribution < 1.29 is 0 Å². The van der Waals surface area contributed by atoms with E-state index in [-0.39, 0.29) is 0 Å². The monoisotopic (exact) mass is 253 g/mol. The third-order valence-electron chi connectivity index (χ3n) is 3.88. The van der Waals surface area contributed by atoms with Gasteiger partial charge in [0.05, 0.1) is 0 Å². The Hall–Kier alpha value is -1.60. The number of rotatable bonds is 6. The quantitative estimate of drug-likeness (QED) is 0.820. The highest BCUT2D eigenvalue weighted by molar-refractivity contribution is 5.32. The Labute approximate surface area is 116 Å². The fourth-order valence-electron chi connectivity index (χ4n) is 2.60. The Morgan fingerprint density at radius 1 is 0.842 bits per heavy atom. The zero-order valence-electron chi connectivity index (χ0n) is 11.6. The van der Waals surface area contributed by atoms with Crippen LogP contribution in [0.25, 0.3) is 0 Å². The predicted octanol–water partition coefficient (Wildman–Crippen LogP) is 4.19. The topological polar surface area (TPSA) is 26.0 Å². The van der Waals surface area contributed by atoms with Crippen LogP contribution >= 0.6 is 0 Å². The Morgan fingerprint density at radius 3 is 1.68 bits per heavy atom. The molecule has 1 nitrogen and oxygen atoms in total. The Morgan fingerprint density at radius 2 is 1.32 bits per heavy atom. The summed E-state index contributed by atoms with van der Waals surface area (Å²) in [5.74, 6) is 1.04. The smallest absolute Gasteiger partial charge is 0.00924 e. The number of nitrogens with two attached hydrogens (primary N) is 1. The molecule has 2 aromatic carbocycles. The molecule has 0 unspecified atom stereocenters. The third kappa shape index (κ3) is 3.68. The van der Waals surface area contributed by atoms with Gasteiger partial charge in [0.25, 0.3) is 0 Å². The van der Waals surface area contributed by atoms with E-state index in [2.05, 4.69) is 67.6 Å². The average Bonchev–Trinajstić information content (AvgIpc) is 2.50. The number of hydrogen-bond acceptors (Lipinski definition) is 1. The second kappa shape index (κ2) is 7.10. The van der Waals surface area contributed by atoms with Gasteiger partial charge in [0.1, 0.15) is 0 Å². The molecule has 0 heterocycles. The minimum Gasteiger partial charge on any atom is -0.330 e. The van der Waals surface area contributed by atoms with Crippen LogP contribution in [-0.4, -0.2) is 6.54 Å². The van der Waals surface area contributed by atoms with Crippen molar-refractivity contribution in [1.29, 1.82) is 0 Å². The summed E-state index contributed by atoms with van der Waals surface area (Å²) in [4.78, 5) is 0. The zero-order valence-corrected chi connectivity index (χ0v) is 11.6. The van der Waals surface area contributed by atoms with E-state index in [9.17, 15) is 0 Å². The van der Waals surface area contributed by atoms with Crippen molar-refractivity contribution >= 4 is 0 Å². The van der Waals surface area contributed by atoms with Crippen LogP contribution in [0.3, 0.4) is 0 Å². The van der Waals surface area contributed by atoms with Gasteiger partial charge in [-0.2, -0.15) is 0 Å². The Bertz CT molecular complexity index is 420. The summed E-state index contributed by atoms with van der Waals surface area (Å²) >= 11 is 0. The van der Waals surface area contributed by atoms with E-state index in [4.69, 9.17) is 5.73 Å². The fraction of sp³-hybridized carbons (Fsp3) is 0.333. The summed E-state index contributed by atoms with van der Waals surface area (Å²) in [5, 5.41) is 0. The summed E-state index contributed by atoms with van der Waals surface area (Å²) in [6.07, 6.45) is 2.27. The highest BCUT2D eigenvalue weighted by atomic mass is 14.5. The van der Waals surface area contributed by atoms with E-state index < -0.39 is 0 Å². The van der Waals surface area contributed by atoms with E-state index in [1.54, 1.807) is 0 Å². The highest BCUT2D eigenvalue weighted by Gasteiger charge is 2.17. The standard InChI is InChI=1S/C18H23N/c1-2-15(14-19)13-18(16-9-5-3-6-10-16)17-11-7-4-8-12-17/h3-12,15,18H,2,13-14,19H2,1H3/t15-/m0/s1. The molecule has 0 spiro atoms. The Balaban J connectivity index is 2.29. The molecule has 2 aromatic rings. The molecule has 1 heteroatoms. The third-order valence-corrected chi connectivity index (χ3v) is 3.88. The van der Waals surface area contributed by atoms with Gasteiger partial charge < -0.3 is 5.73 Å².